The highest BCUT2D eigenvalue weighted by atomic mass is 32.2. The van der Waals surface area contributed by atoms with Crippen molar-refractivity contribution in [3.63, 3.8) is 0 Å². The number of piperidine rings is 1. The van der Waals surface area contributed by atoms with Crippen LogP contribution in [0.1, 0.15) is 12.8 Å². The first-order chi connectivity index (χ1) is 7.97. The Kier molecular flexibility index (Phi) is 6.40. The Morgan fingerprint density at radius 1 is 1.29 bits per heavy atom. The topological polar surface area (TPSA) is 58.6 Å². The van der Waals surface area contributed by atoms with Crippen molar-refractivity contribution in [2.75, 3.05) is 51.8 Å². The number of hydrogen-bond donors (Lipinski definition) is 1. The molecule has 1 N–H and O–H groups in total. The Balaban J connectivity index is 2.05. The zero-order chi connectivity index (χ0) is 12.7. The van der Waals surface area contributed by atoms with Crippen LogP contribution in [0, 0.1) is 0 Å². The van der Waals surface area contributed by atoms with Gasteiger partial charge in [-0.15, -0.1) is 0 Å². The molecule has 0 amide bonds. The van der Waals surface area contributed by atoms with Gasteiger partial charge in [0.2, 0.25) is 0 Å². The average Bonchev–Trinajstić information content (AvgIpc) is 2.27. The van der Waals surface area contributed by atoms with Gasteiger partial charge in [0.15, 0.2) is 0 Å². The molecule has 0 saturated carbocycles. The van der Waals surface area contributed by atoms with Crippen molar-refractivity contribution in [2.45, 2.75) is 18.9 Å². The summed E-state index contributed by atoms with van der Waals surface area (Å²) in [5.41, 5.74) is 0. The third-order valence-corrected chi connectivity index (χ3v) is 3.88. The summed E-state index contributed by atoms with van der Waals surface area (Å²) in [5, 5.41) is 3.29. The zero-order valence-electron chi connectivity index (χ0n) is 10.8. The van der Waals surface area contributed by atoms with Crippen molar-refractivity contribution in [3.8, 4) is 0 Å². The van der Waals surface area contributed by atoms with Crippen LogP contribution in [0.3, 0.4) is 0 Å². The Bertz CT molecular complexity index is 300. The van der Waals surface area contributed by atoms with E-state index in [-0.39, 0.29) is 5.75 Å². The lowest BCUT2D eigenvalue weighted by molar-refractivity contribution is 0.0238. The Morgan fingerprint density at radius 3 is 2.53 bits per heavy atom. The van der Waals surface area contributed by atoms with Crippen molar-refractivity contribution in [1.29, 1.82) is 0 Å². The van der Waals surface area contributed by atoms with Crippen LogP contribution in [0.2, 0.25) is 0 Å². The van der Waals surface area contributed by atoms with Gasteiger partial charge in [0.25, 0.3) is 0 Å². The first-order valence-electron chi connectivity index (χ1n) is 6.16. The van der Waals surface area contributed by atoms with E-state index in [1.807, 2.05) is 11.9 Å². The van der Waals surface area contributed by atoms with Crippen LogP contribution in [-0.2, 0) is 14.6 Å². The summed E-state index contributed by atoms with van der Waals surface area (Å²) < 4.78 is 27.7. The monoisotopic (exact) mass is 264 g/mol. The van der Waals surface area contributed by atoms with E-state index in [2.05, 4.69) is 5.32 Å². The van der Waals surface area contributed by atoms with Crippen LogP contribution < -0.4 is 5.32 Å². The van der Waals surface area contributed by atoms with E-state index in [1.165, 1.54) is 6.26 Å². The van der Waals surface area contributed by atoms with Crippen LogP contribution in [0.4, 0.5) is 0 Å². The summed E-state index contributed by atoms with van der Waals surface area (Å²) in [6, 6.07) is 0. The van der Waals surface area contributed by atoms with E-state index in [9.17, 15) is 8.42 Å². The number of nitrogens with one attached hydrogen (secondary N) is 1. The molecule has 0 aromatic heterocycles. The second-order valence-electron chi connectivity index (χ2n) is 4.75. The van der Waals surface area contributed by atoms with E-state index >= 15 is 0 Å². The van der Waals surface area contributed by atoms with Crippen molar-refractivity contribution in [1.82, 2.24) is 10.2 Å². The van der Waals surface area contributed by atoms with Crippen LogP contribution in [0.5, 0.6) is 0 Å². The maximum Gasteiger partial charge on any atom is 0.148 e. The lowest BCUT2D eigenvalue weighted by Gasteiger charge is -2.24. The van der Waals surface area contributed by atoms with Crippen molar-refractivity contribution < 1.29 is 13.2 Å². The minimum absolute atomic E-state index is 0.219. The number of nitrogens with zero attached hydrogens (tertiary/aromatic N) is 1. The van der Waals surface area contributed by atoms with Gasteiger partial charge in [-0.2, -0.15) is 0 Å². The first kappa shape index (κ1) is 14.9. The average molecular weight is 264 g/mol. The van der Waals surface area contributed by atoms with Gasteiger partial charge in [0.05, 0.1) is 18.5 Å². The van der Waals surface area contributed by atoms with Crippen LogP contribution in [0.25, 0.3) is 0 Å². The quantitative estimate of drug-likeness (QED) is 0.686. The lowest BCUT2D eigenvalue weighted by Crippen LogP contribution is -2.35. The van der Waals surface area contributed by atoms with E-state index in [0.29, 0.717) is 19.3 Å². The molecule has 1 aliphatic heterocycles. The Hall–Kier alpha value is -0.170. The zero-order valence-corrected chi connectivity index (χ0v) is 11.6. The SMILES string of the molecule is CN(CCOC1CCNCC1)CCS(C)(=O)=O. The lowest BCUT2D eigenvalue weighted by atomic mass is 10.1. The number of ether oxygens (including phenoxy) is 1. The highest BCUT2D eigenvalue weighted by Gasteiger charge is 2.13. The van der Waals surface area contributed by atoms with Crippen molar-refractivity contribution in [2.24, 2.45) is 0 Å². The minimum Gasteiger partial charge on any atom is -0.377 e. The molecule has 17 heavy (non-hydrogen) atoms. The molecule has 1 saturated heterocycles. The molecule has 0 spiro atoms. The molecule has 0 atom stereocenters. The maximum absolute atomic E-state index is 11.0. The van der Waals surface area contributed by atoms with E-state index in [4.69, 9.17) is 4.74 Å². The van der Waals surface area contributed by atoms with Crippen LogP contribution >= 0.6 is 0 Å². The normalized spacial score (nSPS) is 18.8. The molecule has 102 valence electrons. The fourth-order valence-electron chi connectivity index (χ4n) is 1.77. The third kappa shape index (κ3) is 7.70. The van der Waals surface area contributed by atoms with E-state index in [0.717, 1.165) is 32.5 Å². The van der Waals surface area contributed by atoms with Gasteiger partial charge >= 0.3 is 0 Å². The van der Waals surface area contributed by atoms with Gasteiger partial charge in [-0.1, -0.05) is 0 Å². The second kappa shape index (κ2) is 7.31. The molecule has 1 rings (SSSR count). The summed E-state index contributed by atoms with van der Waals surface area (Å²) in [7, 11) is -0.928. The number of hydrogen-bond acceptors (Lipinski definition) is 5. The summed E-state index contributed by atoms with van der Waals surface area (Å²) in [4.78, 5) is 2.00. The molecule has 6 heteroatoms. The predicted octanol–water partition coefficient (Wildman–Crippen LogP) is -0.269. The summed E-state index contributed by atoms with van der Waals surface area (Å²) in [6.07, 6.45) is 3.80. The van der Waals surface area contributed by atoms with Crippen molar-refractivity contribution >= 4 is 9.84 Å². The molecular formula is C11H24N2O3S. The molecule has 1 fully saturated rings. The van der Waals surface area contributed by atoms with Gasteiger partial charge in [0, 0.05) is 19.3 Å². The van der Waals surface area contributed by atoms with Gasteiger partial charge in [-0.3, -0.25) is 0 Å². The minimum atomic E-state index is -2.86. The molecule has 1 heterocycles. The first-order valence-corrected chi connectivity index (χ1v) is 8.22. The van der Waals surface area contributed by atoms with Crippen LogP contribution in [0.15, 0.2) is 0 Å². The molecule has 0 aromatic carbocycles. The Morgan fingerprint density at radius 2 is 1.94 bits per heavy atom. The number of rotatable bonds is 7. The van der Waals surface area contributed by atoms with E-state index in [1.54, 1.807) is 0 Å². The standard InChI is InChI=1S/C11H24N2O3S/c1-13(8-10-17(2,14)15)7-9-16-11-3-5-12-6-4-11/h11-12H,3-10H2,1-2H3. The second-order valence-corrected chi connectivity index (χ2v) is 7.01. The third-order valence-electron chi connectivity index (χ3n) is 2.96. The fourth-order valence-corrected chi connectivity index (χ4v) is 2.41. The fraction of sp³-hybridized carbons (Fsp3) is 1.00. The molecule has 1 aliphatic rings. The molecule has 0 radical (unpaired) electrons. The summed E-state index contributed by atoms with van der Waals surface area (Å²) in [6.45, 7) is 4.13. The number of sulfone groups is 1. The predicted molar refractivity (Wildman–Crippen MR) is 69.1 cm³/mol. The van der Waals surface area contributed by atoms with Gasteiger partial charge in [-0.25, -0.2) is 8.42 Å². The maximum atomic E-state index is 11.0. The highest BCUT2D eigenvalue weighted by Crippen LogP contribution is 2.06. The smallest absolute Gasteiger partial charge is 0.148 e. The summed E-state index contributed by atoms with van der Waals surface area (Å²) in [5.74, 6) is 0.219. The van der Waals surface area contributed by atoms with Gasteiger partial charge in [0.1, 0.15) is 9.84 Å². The van der Waals surface area contributed by atoms with Crippen LogP contribution in [-0.4, -0.2) is 71.3 Å². The largest absolute Gasteiger partial charge is 0.377 e. The molecule has 0 aliphatic carbocycles. The highest BCUT2D eigenvalue weighted by molar-refractivity contribution is 7.90. The molecule has 0 bridgehead atoms. The van der Waals surface area contributed by atoms with E-state index < -0.39 is 9.84 Å². The molecule has 0 unspecified atom stereocenters. The Labute approximate surface area is 104 Å². The summed E-state index contributed by atoms with van der Waals surface area (Å²) >= 11 is 0. The molecule has 5 nitrogen and oxygen atoms in total. The molecule has 0 aromatic rings. The molecular weight excluding hydrogens is 240 g/mol. The number of likely N-dealkylation sites (N-methyl/N-ethyl adjacent to an activating group) is 1. The van der Waals surface area contributed by atoms with Gasteiger partial charge in [-0.05, 0) is 33.0 Å². The van der Waals surface area contributed by atoms with Crippen molar-refractivity contribution in [3.05, 3.63) is 0 Å². The van der Waals surface area contributed by atoms with Gasteiger partial charge < -0.3 is 15.0 Å².